The first-order chi connectivity index (χ1) is 19.2. The second-order valence-corrected chi connectivity index (χ2v) is 11.2. The molecular formula is C32H34N4O3. The van der Waals surface area contributed by atoms with E-state index in [4.69, 9.17) is 9.47 Å². The molecule has 7 nitrogen and oxygen atoms in total. The van der Waals surface area contributed by atoms with Gasteiger partial charge in [-0.3, -0.25) is 9.89 Å². The van der Waals surface area contributed by atoms with Crippen molar-refractivity contribution in [3.63, 3.8) is 0 Å². The average Bonchev–Trinajstić information content (AvgIpc) is 3.53. The number of amides is 1. The summed E-state index contributed by atoms with van der Waals surface area (Å²) in [6, 6.07) is 25.9. The molecule has 0 unspecified atom stereocenters. The monoisotopic (exact) mass is 522 g/mol. The highest BCUT2D eigenvalue weighted by molar-refractivity contribution is 6.01. The number of hydrogen-bond donors (Lipinski definition) is 2. The molecule has 7 rings (SSSR count). The van der Waals surface area contributed by atoms with Gasteiger partial charge in [0.15, 0.2) is 0 Å². The van der Waals surface area contributed by atoms with Crippen LogP contribution in [0.4, 0.5) is 5.69 Å². The number of carbonyl (C=O) groups excluding carboxylic acids is 1. The van der Waals surface area contributed by atoms with Gasteiger partial charge in [-0.2, -0.15) is 5.10 Å². The summed E-state index contributed by atoms with van der Waals surface area (Å²) in [6.07, 6.45) is 4.18. The molecule has 1 aromatic heterocycles. The molecule has 1 amide bonds. The molecule has 0 aliphatic carbocycles. The molecule has 2 atom stereocenters. The average molecular weight is 523 g/mol. The van der Waals surface area contributed by atoms with E-state index >= 15 is 0 Å². The normalized spacial score (nSPS) is 22.2. The zero-order valence-corrected chi connectivity index (χ0v) is 22.1. The van der Waals surface area contributed by atoms with Crippen molar-refractivity contribution >= 4 is 22.5 Å². The van der Waals surface area contributed by atoms with E-state index in [1.807, 2.05) is 24.3 Å². The predicted molar refractivity (Wildman–Crippen MR) is 152 cm³/mol. The standard InChI is InChI=1S/C32H34N4O3/c37-31(33-21-32(14-16-38-17-15-32)24-4-2-1-3-5-24)23-8-13-29-28(18-23)30(35-34-29)22-6-9-25(10-7-22)36-26-11-12-27(36)20-39-19-26/h1-10,13,18,26-27H,11-12,14-17,19-21H2,(H,33,37)(H,34,35)/t26-,27+. The van der Waals surface area contributed by atoms with E-state index in [-0.39, 0.29) is 11.3 Å². The van der Waals surface area contributed by atoms with Gasteiger partial charge in [0.2, 0.25) is 0 Å². The van der Waals surface area contributed by atoms with E-state index in [0.717, 1.165) is 48.2 Å². The molecule has 3 aliphatic heterocycles. The molecule has 7 heteroatoms. The van der Waals surface area contributed by atoms with Crippen LogP contribution in [-0.2, 0) is 14.9 Å². The molecule has 3 saturated heterocycles. The molecule has 4 aromatic rings. The van der Waals surface area contributed by atoms with Crippen molar-refractivity contribution in [2.75, 3.05) is 37.9 Å². The van der Waals surface area contributed by atoms with Gasteiger partial charge in [-0.25, -0.2) is 0 Å². The summed E-state index contributed by atoms with van der Waals surface area (Å²) in [5.41, 5.74) is 5.85. The first-order valence-electron chi connectivity index (χ1n) is 14.1. The molecule has 3 aromatic carbocycles. The summed E-state index contributed by atoms with van der Waals surface area (Å²) in [7, 11) is 0. The van der Waals surface area contributed by atoms with Crippen molar-refractivity contribution < 1.29 is 14.3 Å². The quantitative estimate of drug-likeness (QED) is 0.369. The Hall–Kier alpha value is -3.68. The van der Waals surface area contributed by atoms with Crippen molar-refractivity contribution in [1.29, 1.82) is 0 Å². The number of rotatable bonds is 6. The van der Waals surface area contributed by atoms with Gasteiger partial charge < -0.3 is 19.7 Å². The minimum Gasteiger partial charge on any atom is -0.381 e. The number of aromatic nitrogens is 2. The van der Waals surface area contributed by atoms with Crippen molar-refractivity contribution in [2.45, 2.75) is 43.2 Å². The number of nitrogens with one attached hydrogen (secondary N) is 2. The van der Waals surface area contributed by atoms with Crippen LogP contribution in [0, 0.1) is 0 Å². The second-order valence-electron chi connectivity index (χ2n) is 11.2. The zero-order chi connectivity index (χ0) is 26.2. The predicted octanol–water partition coefficient (Wildman–Crippen LogP) is 5.08. The van der Waals surface area contributed by atoms with E-state index in [9.17, 15) is 4.79 Å². The molecule has 200 valence electrons. The minimum absolute atomic E-state index is 0.0658. The van der Waals surface area contributed by atoms with Gasteiger partial charge in [0.05, 0.1) is 36.5 Å². The molecule has 39 heavy (non-hydrogen) atoms. The number of carbonyl (C=O) groups is 1. The van der Waals surface area contributed by atoms with Gasteiger partial charge >= 0.3 is 0 Å². The molecule has 2 N–H and O–H groups in total. The number of morpholine rings is 1. The van der Waals surface area contributed by atoms with Gasteiger partial charge in [0.1, 0.15) is 0 Å². The maximum absolute atomic E-state index is 13.4. The Kier molecular flexibility index (Phi) is 6.33. The summed E-state index contributed by atoms with van der Waals surface area (Å²) < 4.78 is 11.4. The fraction of sp³-hybridized carbons (Fsp3) is 0.375. The second kappa shape index (κ2) is 10.1. The number of anilines is 1. The van der Waals surface area contributed by atoms with E-state index in [1.165, 1.54) is 24.1 Å². The van der Waals surface area contributed by atoms with Gasteiger partial charge in [0, 0.05) is 47.4 Å². The molecule has 3 fully saturated rings. The molecule has 4 heterocycles. The summed E-state index contributed by atoms with van der Waals surface area (Å²) in [4.78, 5) is 15.9. The first kappa shape index (κ1) is 24.4. The van der Waals surface area contributed by atoms with Crippen molar-refractivity contribution in [3.8, 4) is 11.3 Å². The molecular weight excluding hydrogens is 488 g/mol. The fourth-order valence-corrected chi connectivity index (χ4v) is 6.69. The summed E-state index contributed by atoms with van der Waals surface area (Å²) in [5, 5.41) is 12.0. The van der Waals surface area contributed by atoms with Crippen LogP contribution >= 0.6 is 0 Å². The maximum Gasteiger partial charge on any atom is 0.251 e. The highest BCUT2D eigenvalue weighted by Gasteiger charge is 2.37. The Morgan fingerprint density at radius 3 is 2.44 bits per heavy atom. The minimum atomic E-state index is -0.109. The third-order valence-electron chi connectivity index (χ3n) is 8.93. The van der Waals surface area contributed by atoms with E-state index in [0.29, 0.717) is 37.4 Å². The number of aromatic amines is 1. The molecule has 3 aliphatic rings. The van der Waals surface area contributed by atoms with Gasteiger partial charge in [-0.1, -0.05) is 42.5 Å². The van der Waals surface area contributed by atoms with Gasteiger partial charge in [-0.15, -0.1) is 0 Å². The van der Waals surface area contributed by atoms with Crippen LogP contribution in [0.3, 0.4) is 0 Å². The van der Waals surface area contributed by atoms with Crippen LogP contribution in [0.15, 0.2) is 72.8 Å². The highest BCUT2D eigenvalue weighted by atomic mass is 16.5. The van der Waals surface area contributed by atoms with Crippen molar-refractivity contribution in [2.24, 2.45) is 0 Å². The third-order valence-corrected chi connectivity index (χ3v) is 8.93. The van der Waals surface area contributed by atoms with Gasteiger partial charge in [-0.05, 0) is 61.6 Å². The van der Waals surface area contributed by atoms with Crippen molar-refractivity contribution in [1.82, 2.24) is 15.5 Å². The number of H-pyrrole nitrogens is 1. The smallest absolute Gasteiger partial charge is 0.251 e. The number of nitrogens with zero attached hydrogens (tertiary/aromatic N) is 2. The summed E-state index contributed by atoms with van der Waals surface area (Å²) in [5.74, 6) is -0.0658. The Balaban J connectivity index is 1.11. The number of hydrogen-bond acceptors (Lipinski definition) is 5. The lowest BCUT2D eigenvalue weighted by Gasteiger charge is -2.38. The van der Waals surface area contributed by atoms with E-state index < -0.39 is 0 Å². The molecule has 0 spiro atoms. The molecule has 0 saturated carbocycles. The first-order valence-corrected chi connectivity index (χ1v) is 14.1. The topological polar surface area (TPSA) is 79.5 Å². The lowest BCUT2D eigenvalue weighted by molar-refractivity contribution is 0.0487. The van der Waals surface area contributed by atoms with E-state index in [1.54, 1.807) is 0 Å². The van der Waals surface area contributed by atoms with Crippen LogP contribution in [0.1, 0.15) is 41.6 Å². The van der Waals surface area contributed by atoms with Crippen LogP contribution in [0.5, 0.6) is 0 Å². The Morgan fingerprint density at radius 2 is 1.69 bits per heavy atom. The third kappa shape index (κ3) is 4.49. The fourth-order valence-electron chi connectivity index (χ4n) is 6.69. The van der Waals surface area contributed by atoms with E-state index in [2.05, 4.69) is 68.9 Å². The van der Waals surface area contributed by atoms with Crippen LogP contribution in [-0.4, -0.2) is 61.2 Å². The molecule has 0 radical (unpaired) electrons. The van der Waals surface area contributed by atoms with Crippen LogP contribution in [0.25, 0.3) is 22.2 Å². The maximum atomic E-state index is 13.4. The lowest BCUT2D eigenvalue weighted by Crippen LogP contribution is -2.45. The Labute approximate surface area is 228 Å². The zero-order valence-electron chi connectivity index (χ0n) is 22.1. The number of ether oxygens (including phenoxy) is 2. The Bertz CT molecular complexity index is 1440. The van der Waals surface area contributed by atoms with Crippen LogP contribution < -0.4 is 10.2 Å². The largest absolute Gasteiger partial charge is 0.381 e. The lowest BCUT2D eigenvalue weighted by atomic mass is 9.74. The SMILES string of the molecule is O=C(NCC1(c2ccccc2)CCOCC1)c1ccc2[nH]nc(-c3ccc(N4[C@@H]5CC[C@H]4COC5)cc3)c2c1. The highest BCUT2D eigenvalue weighted by Crippen LogP contribution is 2.36. The van der Waals surface area contributed by atoms with Gasteiger partial charge in [0.25, 0.3) is 5.91 Å². The number of fused-ring (bicyclic) bond motifs is 3. The Morgan fingerprint density at radius 1 is 0.949 bits per heavy atom. The number of benzene rings is 3. The molecule has 2 bridgehead atoms. The summed E-state index contributed by atoms with van der Waals surface area (Å²) in [6.45, 7) is 3.63. The summed E-state index contributed by atoms with van der Waals surface area (Å²) >= 11 is 0. The van der Waals surface area contributed by atoms with Crippen molar-refractivity contribution in [3.05, 3.63) is 83.9 Å². The van der Waals surface area contributed by atoms with Crippen LogP contribution in [0.2, 0.25) is 0 Å².